The Hall–Kier alpha value is -0.570. The number of halogens is 3. The number of hydrogen-bond donors (Lipinski definition) is 1. The summed E-state index contributed by atoms with van der Waals surface area (Å²) in [5, 5.41) is 3.26. The second-order valence-corrected chi connectivity index (χ2v) is 7.74. The number of sulfonamides is 1. The lowest BCUT2D eigenvalue weighted by Gasteiger charge is -2.29. The summed E-state index contributed by atoms with van der Waals surface area (Å²) in [5.41, 5.74) is 0. The Morgan fingerprint density at radius 3 is 2.52 bits per heavy atom. The second-order valence-electron chi connectivity index (χ2n) is 4.94. The Morgan fingerprint density at radius 1 is 1.30 bits per heavy atom. The first-order valence-corrected chi connectivity index (χ1v) is 8.92. The van der Waals surface area contributed by atoms with E-state index in [1.54, 1.807) is 4.90 Å². The Morgan fingerprint density at radius 2 is 1.91 bits per heavy atom. The zero-order valence-electron chi connectivity index (χ0n) is 12.5. The van der Waals surface area contributed by atoms with Gasteiger partial charge < -0.3 is 10.2 Å². The van der Waals surface area contributed by atoms with E-state index in [1.807, 2.05) is 0 Å². The molecule has 0 spiro atoms. The number of carbonyl (C=O) groups is 1. The summed E-state index contributed by atoms with van der Waals surface area (Å²) in [6.45, 7) is 2.34. The lowest BCUT2D eigenvalue weighted by molar-refractivity contribution is -0.131. The molecule has 1 fully saturated rings. The molecule has 1 heterocycles. The van der Waals surface area contributed by atoms with Crippen LogP contribution in [0, 0.1) is 0 Å². The molecule has 0 unspecified atom stereocenters. The largest absolute Gasteiger partial charge is 0.339 e. The molecule has 0 saturated carbocycles. The lowest BCUT2D eigenvalue weighted by Crippen LogP contribution is -2.49. The number of hydrogen-bond acceptors (Lipinski definition) is 4. The molecular weight excluding hydrogens is 385 g/mol. The monoisotopic (exact) mass is 401 g/mol. The molecule has 6 nitrogen and oxygen atoms in total. The van der Waals surface area contributed by atoms with E-state index in [9.17, 15) is 13.2 Å². The van der Waals surface area contributed by atoms with Crippen LogP contribution in [0.1, 0.15) is 0 Å². The van der Waals surface area contributed by atoms with E-state index in [4.69, 9.17) is 23.2 Å². The van der Waals surface area contributed by atoms with E-state index in [2.05, 4.69) is 5.32 Å². The molecule has 0 radical (unpaired) electrons. The smallest absolute Gasteiger partial charge is 0.244 e. The van der Waals surface area contributed by atoms with E-state index >= 15 is 0 Å². The topological polar surface area (TPSA) is 69.7 Å². The molecule has 0 aliphatic carbocycles. The highest BCUT2D eigenvalue weighted by molar-refractivity contribution is 7.89. The van der Waals surface area contributed by atoms with Crippen molar-refractivity contribution in [2.45, 2.75) is 4.90 Å². The van der Waals surface area contributed by atoms with E-state index in [1.165, 1.54) is 25.2 Å². The Labute approximate surface area is 152 Å². The van der Waals surface area contributed by atoms with Crippen molar-refractivity contribution >= 4 is 51.5 Å². The minimum Gasteiger partial charge on any atom is -0.339 e. The highest BCUT2D eigenvalue weighted by Gasteiger charge is 2.28. The third-order valence-electron chi connectivity index (χ3n) is 3.43. The normalized spacial score (nSPS) is 15.4. The first-order valence-electron chi connectivity index (χ1n) is 6.73. The number of carbonyl (C=O) groups excluding carboxylic acids is 1. The number of rotatable bonds is 4. The quantitative estimate of drug-likeness (QED) is 0.828. The lowest BCUT2D eigenvalue weighted by atomic mass is 10.3. The van der Waals surface area contributed by atoms with Crippen molar-refractivity contribution in [3.05, 3.63) is 28.2 Å². The molecule has 1 aliphatic heterocycles. The molecule has 23 heavy (non-hydrogen) atoms. The molecule has 0 aromatic heterocycles. The van der Waals surface area contributed by atoms with Crippen molar-refractivity contribution in [3.8, 4) is 0 Å². The Balaban J connectivity index is 0.00000264. The second kappa shape index (κ2) is 8.50. The summed E-state index contributed by atoms with van der Waals surface area (Å²) in [6.07, 6.45) is 0. The van der Waals surface area contributed by atoms with Crippen molar-refractivity contribution in [3.63, 3.8) is 0 Å². The third kappa shape index (κ3) is 4.71. The highest BCUT2D eigenvalue weighted by atomic mass is 35.5. The van der Waals surface area contributed by atoms with Gasteiger partial charge in [0.15, 0.2) is 0 Å². The summed E-state index contributed by atoms with van der Waals surface area (Å²) in [4.78, 5) is 13.7. The first-order chi connectivity index (χ1) is 10.3. The predicted molar refractivity (Wildman–Crippen MR) is 93.0 cm³/mol. The fourth-order valence-corrected chi connectivity index (χ4v) is 3.99. The summed E-state index contributed by atoms with van der Waals surface area (Å²) in [7, 11) is -2.52. The number of amides is 1. The molecule has 1 N–H and O–H groups in total. The average Bonchev–Trinajstić information content (AvgIpc) is 2.50. The summed E-state index contributed by atoms with van der Waals surface area (Å²) < 4.78 is 26.0. The maximum atomic E-state index is 12.5. The molecule has 130 valence electrons. The van der Waals surface area contributed by atoms with Gasteiger partial charge in [-0.25, -0.2) is 8.42 Å². The van der Waals surface area contributed by atoms with Crippen molar-refractivity contribution in [2.24, 2.45) is 0 Å². The average molecular weight is 403 g/mol. The van der Waals surface area contributed by atoms with Crippen LogP contribution in [0.5, 0.6) is 0 Å². The van der Waals surface area contributed by atoms with Crippen molar-refractivity contribution in [1.82, 2.24) is 14.5 Å². The fraction of sp³-hybridized carbons (Fsp3) is 0.462. The molecule has 1 aliphatic rings. The summed E-state index contributed by atoms with van der Waals surface area (Å²) >= 11 is 11.8. The molecular formula is C13H18Cl3N3O3S. The van der Waals surface area contributed by atoms with Crippen LogP contribution in [0.15, 0.2) is 23.1 Å². The van der Waals surface area contributed by atoms with E-state index in [0.29, 0.717) is 26.2 Å². The third-order valence-corrected chi connectivity index (χ3v) is 6.21. The molecule has 0 bridgehead atoms. The van der Waals surface area contributed by atoms with Gasteiger partial charge in [-0.05, 0) is 12.1 Å². The molecule has 1 aromatic rings. The molecule has 0 atom stereocenters. The number of benzene rings is 1. The van der Waals surface area contributed by atoms with Crippen LogP contribution in [0.3, 0.4) is 0 Å². The van der Waals surface area contributed by atoms with Crippen LogP contribution in [-0.4, -0.2) is 63.3 Å². The van der Waals surface area contributed by atoms with E-state index < -0.39 is 10.0 Å². The van der Waals surface area contributed by atoms with Crippen molar-refractivity contribution in [2.75, 3.05) is 39.8 Å². The highest BCUT2D eigenvalue weighted by Crippen LogP contribution is 2.30. The molecule has 10 heteroatoms. The number of nitrogens with one attached hydrogen (secondary N) is 1. The van der Waals surface area contributed by atoms with Crippen LogP contribution < -0.4 is 5.32 Å². The fourth-order valence-electron chi connectivity index (χ4n) is 2.14. The van der Waals surface area contributed by atoms with E-state index in [-0.39, 0.29) is 39.8 Å². The van der Waals surface area contributed by atoms with Gasteiger partial charge in [0.25, 0.3) is 0 Å². The Kier molecular flexibility index (Phi) is 7.57. The van der Waals surface area contributed by atoms with Gasteiger partial charge in [0.2, 0.25) is 15.9 Å². The van der Waals surface area contributed by atoms with Crippen molar-refractivity contribution in [1.29, 1.82) is 0 Å². The number of nitrogens with zero attached hydrogens (tertiary/aromatic N) is 2. The zero-order valence-corrected chi connectivity index (χ0v) is 15.6. The molecule has 2 rings (SSSR count). The zero-order chi connectivity index (χ0) is 16.3. The van der Waals surface area contributed by atoms with E-state index in [0.717, 1.165) is 4.31 Å². The van der Waals surface area contributed by atoms with Gasteiger partial charge in [-0.2, -0.15) is 4.31 Å². The van der Waals surface area contributed by atoms with Crippen molar-refractivity contribution < 1.29 is 13.2 Å². The number of likely N-dealkylation sites (N-methyl/N-ethyl adjacent to an activating group) is 1. The van der Waals surface area contributed by atoms with Gasteiger partial charge in [0, 0.05) is 33.2 Å². The Bertz CT molecular complexity index is 664. The maximum absolute atomic E-state index is 12.5. The minimum absolute atomic E-state index is 0. The molecule has 1 amide bonds. The summed E-state index contributed by atoms with van der Waals surface area (Å²) in [6, 6.07) is 4.39. The first kappa shape index (κ1) is 20.5. The van der Waals surface area contributed by atoms with Gasteiger partial charge in [0.1, 0.15) is 4.90 Å². The molecule has 1 saturated heterocycles. The number of piperazine rings is 1. The molecule has 1 aromatic carbocycles. The van der Waals surface area contributed by atoms with Crippen LogP contribution in [-0.2, 0) is 14.8 Å². The van der Waals surface area contributed by atoms with Gasteiger partial charge in [-0.3, -0.25) is 4.79 Å². The van der Waals surface area contributed by atoms with Crippen LogP contribution >= 0.6 is 35.6 Å². The summed E-state index contributed by atoms with van der Waals surface area (Å²) in [5.74, 6) is -0.231. The SMILES string of the molecule is CN(CC(=O)N1CCNCC1)S(=O)(=O)c1cccc(Cl)c1Cl.Cl. The standard InChI is InChI=1S/C13H17Cl2N3O3S.ClH/c1-17(9-12(19)18-7-5-16-6-8-18)22(20,21)11-4-2-3-10(14)13(11)15;/h2-4,16H,5-9H2,1H3;1H. The van der Waals surface area contributed by atoms with Crippen LogP contribution in [0.4, 0.5) is 0 Å². The maximum Gasteiger partial charge on any atom is 0.244 e. The minimum atomic E-state index is -3.87. The van der Waals surface area contributed by atoms with Gasteiger partial charge in [-0.15, -0.1) is 12.4 Å². The van der Waals surface area contributed by atoms with Crippen LogP contribution in [0.2, 0.25) is 10.0 Å². The van der Waals surface area contributed by atoms with Gasteiger partial charge in [-0.1, -0.05) is 29.3 Å². The van der Waals surface area contributed by atoms with Gasteiger partial charge in [0.05, 0.1) is 16.6 Å². The predicted octanol–water partition coefficient (Wildman–Crippen LogP) is 1.47. The van der Waals surface area contributed by atoms with Gasteiger partial charge >= 0.3 is 0 Å². The van der Waals surface area contributed by atoms with Crippen LogP contribution in [0.25, 0.3) is 0 Å².